The molecule has 0 aliphatic carbocycles. The first-order chi connectivity index (χ1) is 13.7. The van der Waals surface area contributed by atoms with Crippen LogP contribution in [0, 0.1) is 5.82 Å². The van der Waals surface area contributed by atoms with Crippen LogP contribution in [0.3, 0.4) is 0 Å². The van der Waals surface area contributed by atoms with E-state index in [2.05, 4.69) is 16.0 Å². The summed E-state index contributed by atoms with van der Waals surface area (Å²) in [5, 5.41) is 7.46. The predicted molar refractivity (Wildman–Crippen MR) is 104 cm³/mol. The minimum atomic E-state index is -1.11. The topological polar surface area (TPSA) is 114 Å². The number of carbonyl (C=O) groups is 4. The Bertz CT molecular complexity index is 915. The van der Waals surface area contributed by atoms with Gasteiger partial charge in [-0.2, -0.15) is 0 Å². The smallest absolute Gasteiger partial charge is 0.326 e. The number of hydrogen-bond acceptors (Lipinski definition) is 5. The lowest BCUT2D eigenvalue weighted by atomic mass is 10.2. The summed E-state index contributed by atoms with van der Waals surface area (Å²) in [5.41, 5.74) is 1.08. The molecule has 0 heterocycles. The van der Waals surface area contributed by atoms with Crippen molar-refractivity contribution in [3.05, 3.63) is 59.9 Å². The van der Waals surface area contributed by atoms with Gasteiger partial charge in [-0.05, 0) is 49.4 Å². The Kier molecular flexibility index (Phi) is 7.41. The van der Waals surface area contributed by atoms with E-state index in [9.17, 15) is 23.6 Å². The number of rotatable bonds is 7. The predicted octanol–water partition coefficient (Wildman–Crippen LogP) is 2.08. The number of anilines is 2. The molecule has 8 nitrogen and oxygen atoms in total. The molecule has 2 rings (SSSR count). The number of esters is 1. The van der Waals surface area contributed by atoms with Gasteiger partial charge in [-0.15, -0.1) is 0 Å². The maximum atomic E-state index is 13.1. The molecule has 0 unspecified atom stereocenters. The Morgan fingerprint density at radius 2 is 1.62 bits per heavy atom. The molecule has 1 atom stereocenters. The number of nitrogens with one attached hydrogen (secondary N) is 3. The molecular weight excluding hydrogens is 381 g/mol. The van der Waals surface area contributed by atoms with Gasteiger partial charge in [0.1, 0.15) is 12.4 Å². The summed E-state index contributed by atoms with van der Waals surface area (Å²) in [6, 6.07) is 11.4. The third-order valence-electron chi connectivity index (χ3n) is 3.63. The van der Waals surface area contributed by atoms with Gasteiger partial charge in [0.25, 0.3) is 11.8 Å². The summed E-state index contributed by atoms with van der Waals surface area (Å²) in [7, 11) is 0. The summed E-state index contributed by atoms with van der Waals surface area (Å²) in [6.45, 7) is 2.29. The van der Waals surface area contributed by atoms with Crippen LogP contribution in [0.1, 0.15) is 24.2 Å². The second-order valence-corrected chi connectivity index (χ2v) is 6.07. The molecule has 0 spiro atoms. The van der Waals surface area contributed by atoms with Gasteiger partial charge in [0.15, 0.2) is 6.10 Å². The summed E-state index contributed by atoms with van der Waals surface area (Å²) < 4.78 is 18.1. The van der Waals surface area contributed by atoms with E-state index in [1.165, 1.54) is 32.0 Å². The second-order valence-electron chi connectivity index (χ2n) is 6.07. The quantitative estimate of drug-likeness (QED) is 0.615. The lowest BCUT2D eigenvalue weighted by Crippen LogP contribution is -2.35. The van der Waals surface area contributed by atoms with Gasteiger partial charge in [-0.25, -0.2) is 4.39 Å². The molecule has 3 amide bonds. The first-order valence-corrected chi connectivity index (χ1v) is 8.66. The fourth-order valence-electron chi connectivity index (χ4n) is 2.26. The van der Waals surface area contributed by atoms with E-state index in [1.807, 2.05) is 0 Å². The number of amides is 3. The number of carbonyl (C=O) groups excluding carboxylic acids is 4. The van der Waals surface area contributed by atoms with Crippen LogP contribution in [-0.4, -0.2) is 36.3 Å². The minimum Gasteiger partial charge on any atom is -0.451 e. The van der Waals surface area contributed by atoms with Crippen LogP contribution in [0.25, 0.3) is 0 Å². The van der Waals surface area contributed by atoms with E-state index >= 15 is 0 Å². The molecule has 2 aromatic rings. The standard InChI is InChI=1S/C20H20FN3O5/c1-12(19(27)24-17-8-6-16(7-9-17)23-13(2)25)29-18(26)11-22-20(28)14-4-3-5-15(21)10-14/h3-10,12H,11H2,1-2H3,(H,22,28)(H,23,25)(H,24,27)/t12-/m1/s1. The first-order valence-electron chi connectivity index (χ1n) is 8.66. The van der Waals surface area contributed by atoms with Crippen molar-refractivity contribution >= 4 is 35.1 Å². The third-order valence-corrected chi connectivity index (χ3v) is 3.63. The number of ether oxygens (including phenoxy) is 1. The molecule has 0 aliphatic heterocycles. The summed E-state index contributed by atoms with van der Waals surface area (Å²) in [5.74, 6) is -2.82. The van der Waals surface area contributed by atoms with Crippen molar-refractivity contribution in [1.29, 1.82) is 0 Å². The van der Waals surface area contributed by atoms with Crippen molar-refractivity contribution in [1.82, 2.24) is 5.32 Å². The van der Waals surface area contributed by atoms with Crippen LogP contribution in [0.4, 0.5) is 15.8 Å². The Labute approximate surface area is 166 Å². The summed E-state index contributed by atoms with van der Waals surface area (Å²) in [4.78, 5) is 46.8. The highest BCUT2D eigenvalue weighted by molar-refractivity contribution is 5.97. The number of benzene rings is 2. The van der Waals surface area contributed by atoms with Crippen LogP contribution in [0.15, 0.2) is 48.5 Å². The maximum Gasteiger partial charge on any atom is 0.326 e. The molecule has 2 aromatic carbocycles. The SMILES string of the molecule is CC(=O)Nc1ccc(NC(=O)[C@@H](C)OC(=O)CNC(=O)c2cccc(F)c2)cc1. The molecule has 9 heteroatoms. The monoisotopic (exact) mass is 401 g/mol. The van der Waals surface area contributed by atoms with Gasteiger partial charge in [0, 0.05) is 23.9 Å². The van der Waals surface area contributed by atoms with Gasteiger partial charge < -0.3 is 20.7 Å². The van der Waals surface area contributed by atoms with Gasteiger partial charge in [-0.1, -0.05) is 6.07 Å². The van der Waals surface area contributed by atoms with Crippen molar-refractivity contribution in [2.75, 3.05) is 17.2 Å². The molecule has 152 valence electrons. The lowest BCUT2D eigenvalue weighted by molar-refractivity contribution is -0.152. The van der Waals surface area contributed by atoms with Gasteiger partial charge >= 0.3 is 5.97 Å². The van der Waals surface area contributed by atoms with E-state index in [0.717, 1.165) is 6.07 Å². The zero-order valence-electron chi connectivity index (χ0n) is 15.8. The van der Waals surface area contributed by atoms with Crippen molar-refractivity contribution in [3.8, 4) is 0 Å². The normalized spacial score (nSPS) is 11.1. The van der Waals surface area contributed by atoms with Crippen LogP contribution in [0.5, 0.6) is 0 Å². The molecule has 0 bridgehead atoms. The molecule has 3 N–H and O–H groups in total. The molecule has 0 radical (unpaired) electrons. The number of hydrogen-bond donors (Lipinski definition) is 3. The maximum absolute atomic E-state index is 13.1. The highest BCUT2D eigenvalue weighted by Crippen LogP contribution is 2.14. The largest absolute Gasteiger partial charge is 0.451 e. The zero-order chi connectivity index (χ0) is 21.4. The summed E-state index contributed by atoms with van der Waals surface area (Å²) in [6.07, 6.45) is -1.11. The average molecular weight is 401 g/mol. The molecule has 0 saturated carbocycles. The third kappa shape index (κ3) is 7.06. The Hall–Kier alpha value is -3.75. The molecule has 0 aliphatic rings. The minimum absolute atomic E-state index is 0.0614. The molecule has 0 saturated heterocycles. The average Bonchev–Trinajstić information content (AvgIpc) is 2.67. The lowest BCUT2D eigenvalue weighted by Gasteiger charge is -2.14. The van der Waals surface area contributed by atoms with E-state index < -0.39 is 36.2 Å². The highest BCUT2D eigenvalue weighted by Gasteiger charge is 2.18. The van der Waals surface area contributed by atoms with E-state index in [4.69, 9.17) is 4.74 Å². The molecular formula is C20H20FN3O5. The second kappa shape index (κ2) is 9.98. The van der Waals surface area contributed by atoms with E-state index in [0.29, 0.717) is 11.4 Å². The van der Waals surface area contributed by atoms with Crippen LogP contribution in [-0.2, 0) is 19.1 Å². The van der Waals surface area contributed by atoms with Crippen molar-refractivity contribution in [3.63, 3.8) is 0 Å². The van der Waals surface area contributed by atoms with Crippen LogP contribution in [0.2, 0.25) is 0 Å². The highest BCUT2D eigenvalue weighted by atomic mass is 19.1. The van der Waals surface area contributed by atoms with E-state index in [-0.39, 0.29) is 11.5 Å². The Balaban J connectivity index is 1.80. The molecule has 29 heavy (non-hydrogen) atoms. The van der Waals surface area contributed by atoms with Crippen LogP contribution < -0.4 is 16.0 Å². The van der Waals surface area contributed by atoms with E-state index in [1.54, 1.807) is 24.3 Å². The number of halogens is 1. The molecule has 0 fully saturated rings. The van der Waals surface area contributed by atoms with Gasteiger partial charge in [0.2, 0.25) is 5.91 Å². The zero-order valence-corrected chi connectivity index (χ0v) is 15.8. The van der Waals surface area contributed by atoms with Crippen molar-refractivity contribution < 1.29 is 28.3 Å². The fourth-order valence-corrected chi connectivity index (χ4v) is 2.26. The van der Waals surface area contributed by atoms with Crippen molar-refractivity contribution in [2.24, 2.45) is 0 Å². The molecule has 0 aromatic heterocycles. The summed E-state index contributed by atoms with van der Waals surface area (Å²) >= 11 is 0. The first kappa shape index (κ1) is 21.5. The van der Waals surface area contributed by atoms with Gasteiger partial charge in [0.05, 0.1) is 0 Å². The van der Waals surface area contributed by atoms with Crippen molar-refractivity contribution in [2.45, 2.75) is 20.0 Å². The van der Waals surface area contributed by atoms with Crippen LogP contribution >= 0.6 is 0 Å². The Morgan fingerprint density at radius 1 is 1.00 bits per heavy atom. The Morgan fingerprint density at radius 3 is 2.21 bits per heavy atom. The van der Waals surface area contributed by atoms with Gasteiger partial charge in [-0.3, -0.25) is 19.2 Å². The fraction of sp³-hybridized carbons (Fsp3) is 0.200.